The van der Waals surface area contributed by atoms with Crippen LogP contribution in [0.2, 0.25) is 0 Å². The number of benzene rings is 3. The summed E-state index contributed by atoms with van der Waals surface area (Å²) < 4.78 is 5.78. The fourth-order valence-electron chi connectivity index (χ4n) is 3.50. The summed E-state index contributed by atoms with van der Waals surface area (Å²) in [5.74, 6) is -0.603. The molecule has 1 amide bonds. The van der Waals surface area contributed by atoms with Gasteiger partial charge in [0.25, 0.3) is 0 Å². The van der Waals surface area contributed by atoms with Gasteiger partial charge in [-0.3, -0.25) is 4.79 Å². The summed E-state index contributed by atoms with van der Waals surface area (Å²) in [6.45, 7) is 4.17. The summed E-state index contributed by atoms with van der Waals surface area (Å²) in [5.41, 5.74) is 5.08. The fraction of sp³-hybridized carbons (Fsp3) is 0.160. The third-order valence-electron chi connectivity index (χ3n) is 4.92. The van der Waals surface area contributed by atoms with Crippen molar-refractivity contribution in [3.8, 4) is 0 Å². The number of carbonyl (C=O) groups excluding carboxylic acids is 2. The number of carbonyl (C=O) groups is 2. The highest BCUT2D eigenvalue weighted by molar-refractivity contribution is 7.22. The zero-order valence-corrected chi connectivity index (χ0v) is 18.9. The topological polar surface area (TPSA) is 71.5 Å². The van der Waals surface area contributed by atoms with Crippen molar-refractivity contribution in [3.63, 3.8) is 0 Å². The first-order valence-corrected chi connectivity index (χ1v) is 10.9. The first-order valence-electron chi connectivity index (χ1n) is 10.1. The van der Waals surface area contributed by atoms with Crippen LogP contribution in [0, 0.1) is 13.8 Å². The Morgan fingerprint density at radius 2 is 1.69 bits per heavy atom. The molecule has 4 aromatic rings. The van der Waals surface area contributed by atoms with Gasteiger partial charge in [0.2, 0.25) is 5.91 Å². The zero-order valence-electron chi connectivity index (χ0n) is 18.1. The molecule has 0 bridgehead atoms. The number of methoxy groups -OCH3 is 1. The van der Waals surface area contributed by atoms with Gasteiger partial charge in [-0.1, -0.05) is 29.5 Å². The van der Waals surface area contributed by atoms with Crippen LogP contribution in [-0.4, -0.2) is 30.5 Å². The first kappa shape index (κ1) is 21.5. The molecule has 0 aliphatic heterocycles. The number of aromatic nitrogens is 1. The Kier molecular flexibility index (Phi) is 6.18. The van der Waals surface area contributed by atoms with Crippen molar-refractivity contribution >= 4 is 49.9 Å². The van der Waals surface area contributed by atoms with Gasteiger partial charge in [-0.2, -0.15) is 0 Å². The predicted molar refractivity (Wildman–Crippen MR) is 129 cm³/mol. The van der Waals surface area contributed by atoms with Crippen LogP contribution >= 0.6 is 11.3 Å². The maximum absolute atomic E-state index is 13.0. The van der Waals surface area contributed by atoms with E-state index in [0.29, 0.717) is 11.3 Å². The molecule has 0 aliphatic carbocycles. The van der Waals surface area contributed by atoms with Gasteiger partial charge in [0.05, 0.1) is 22.9 Å². The summed E-state index contributed by atoms with van der Waals surface area (Å²) in [6.07, 6.45) is 0. The van der Waals surface area contributed by atoms with Crippen LogP contribution in [0.5, 0.6) is 0 Å². The van der Waals surface area contributed by atoms with Gasteiger partial charge in [0, 0.05) is 11.4 Å². The third kappa shape index (κ3) is 4.78. The third-order valence-corrected chi connectivity index (χ3v) is 5.98. The van der Waals surface area contributed by atoms with Crippen LogP contribution in [0.1, 0.15) is 21.5 Å². The number of para-hydroxylation sites is 1. The van der Waals surface area contributed by atoms with Crippen molar-refractivity contribution in [2.24, 2.45) is 0 Å². The van der Waals surface area contributed by atoms with E-state index in [2.05, 4.69) is 23.5 Å². The minimum atomic E-state index is -0.417. The SMILES string of the molecule is COC(=O)c1ccc(NC(=O)CN(c2cc(C)cc(C)c2)c2nc3ccccc3s2)cc1. The van der Waals surface area contributed by atoms with Gasteiger partial charge < -0.3 is 15.0 Å². The lowest BCUT2D eigenvalue weighted by Crippen LogP contribution is -2.29. The van der Waals surface area contributed by atoms with E-state index in [0.717, 1.165) is 32.2 Å². The summed E-state index contributed by atoms with van der Waals surface area (Å²) in [6, 6.07) is 20.8. The molecule has 1 aromatic heterocycles. The highest BCUT2D eigenvalue weighted by atomic mass is 32.1. The van der Waals surface area contributed by atoms with Gasteiger partial charge in [0.15, 0.2) is 5.13 Å². The molecule has 6 nitrogen and oxygen atoms in total. The quantitative estimate of drug-likeness (QED) is 0.398. The van der Waals surface area contributed by atoms with Crippen molar-refractivity contribution < 1.29 is 14.3 Å². The average Bonchev–Trinajstić information content (AvgIpc) is 3.20. The molecule has 0 unspecified atom stereocenters. The van der Waals surface area contributed by atoms with E-state index in [4.69, 9.17) is 9.72 Å². The van der Waals surface area contributed by atoms with Gasteiger partial charge in [0.1, 0.15) is 6.54 Å². The molecule has 3 aromatic carbocycles. The van der Waals surface area contributed by atoms with Crippen LogP contribution in [-0.2, 0) is 9.53 Å². The molecule has 0 radical (unpaired) electrons. The number of hydrogen-bond acceptors (Lipinski definition) is 6. The predicted octanol–water partition coefficient (Wildman–Crippen LogP) is 5.48. The summed E-state index contributed by atoms with van der Waals surface area (Å²) in [5, 5.41) is 3.66. The second-order valence-electron chi connectivity index (χ2n) is 7.51. The molecule has 0 atom stereocenters. The number of rotatable bonds is 6. The Morgan fingerprint density at radius 3 is 2.34 bits per heavy atom. The monoisotopic (exact) mass is 445 g/mol. The normalized spacial score (nSPS) is 10.7. The minimum Gasteiger partial charge on any atom is -0.465 e. The Morgan fingerprint density at radius 1 is 1.00 bits per heavy atom. The van der Waals surface area contributed by atoms with Crippen molar-refractivity contribution in [2.75, 3.05) is 23.9 Å². The van der Waals surface area contributed by atoms with Gasteiger partial charge in [-0.15, -0.1) is 0 Å². The molecule has 0 aliphatic rings. The van der Waals surface area contributed by atoms with E-state index in [9.17, 15) is 9.59 Å². The minimum absolute atomic E-state index is 0.0987. The number of nitrogens with zero attached hydrogens (tertiary/aromatic N) is 2. The number of esters is 1. The number of thiazole rings is 1. The first-order chi connectivity index (χ1) is 15.4. The Balaban J connectivity index is 1.61. The molecular weight excluding hydrogens is 422 g/mol. The Hall–Kier alpha value is -3.71. The van der Waals surface area contributed by atoms with Gasteiger partial charge >= 0.3 is 5.97 Å². The molecule has 0 saturated carbocycles. The highest BCUT2D eigenvalue weighted by Crippen LogP contribution is 2.34. The van der Waals surface area contributed by atoms with Crippen LogP contribution < -0.4 is 10.2 Å². The molecule has 32 heavy (non-hydrogen) atoms. The molecule has 0 saturated heterocycles. The molecular formula is C25H23N3O3S. The second-order valence-corrected chi connectivity index (χ2v) is 8.52. The van der Waals surface area contributed by atoms with E-state index in [1.807, 2.05) is 43.0 Å². The Bertz CT molecular complexity index is 1230. The largest absolute Gasteiger partial charge is 0.465 e. The Labute approximate surface area is 190 Å². The van der Waals surface area contributed by atoms with E-state index in [1.54, 1.807) is 35.6 Å². The molecule has 4 rings (SSSR count). The number of hydrogen-bond donors (Lipinski definition) is 1. The van der Waals surface area contributed by atoms with Crippen LogP contribution in [0.4, 0.5) is 16.5 Å². The lowest BCUT2D eigenvalue weighted by atomic mass is 10.1. The zero-order chi connectivity index (χ0) is 22.7. The molecule has 162 valence electrons. The van der Waals surface area contributed by atoms with E-state index in [1.165, 1.54) is 7.11 Å². The van der Waals surface area contributed by atoms with E-state index < -0.39 is 5.97 Å². The molecule has 1 N–H and O–H groups in total. The highest BCUT2D eigenvalue weighted by Gasteiger charge is 2.19. The molecule has 7 heteroatoms. The van der Waals surface area contributed by atoms with Gasteiger partial charge in [-0.05, 0) is 73.5 Å². The molecule has 1 heterocycles. The van der Waals surface area contributed by atoms with Crippen molar-refractivity contribution in [1.29, 1.82) is 0 Å². The second kappa shape index (κ2) is 9.20. The average molecular weight is 446 g/mol. The number of fused-ring (bicyclic) bond motifs is 1. The van der Waals surface area contributed by atoms with Crippen LogP contribution in [0.3, 0.4) is 0 Å². The lowest BCUT2D eigenvalue weighted by molar-refractivity contribution is -0.114. The van der Waals surface area contributed by atoms with Crippen molar-refractivity contribution in [2.45, 2.75) is 13.8 Å². The smallest absolute Gasteiger partial charge is 0.337 e. The maximum atomic E-state index is 13.0. The maximum Gasteiger partial charge on any atom is 0.337 e. The van der Waals surface area contributed by atoms with Crippen LogP contribution in [0.15, 0.2) is 66.7 Å². The van der Waals surface area contributed by atoms with Gasteiger partial charge in [-0.25, -0.2) is 9.78 Å². The van der Waals surface area contributed by atoms with E-state index >= 15 is 0 Å². The number of anilines is 3. The summed E-state index contributed by atoms with van der Waals surface area (Å²) >= 11 is 1.55. The fourth-order valence-corrected chi connectivity index (χ4v) is 4.49. The number of amides is 1. The number of ether oxygens (including phenoxy) is 1. The van der Waals surface area contributed by atoms with Crippen molar-refractivity contribution in [1.82, 2.24) is 4.98 Å². The number of nitrogens with one attached hydrogen (secondary N) is 1. The standard InChI is InChI=1S/C25H23N3O3S/c1-16-12-17(2)14-20(13-16)28(25-27-21-6-4-5-7-22(21)32-25)15-23(29)26-19-10-8-18(9-11-19)24(30)31-3/h4-14H,15H2,1-3H3,(H,26,29). The lowest BCUT2D eigenvalue weighted by Gasteiger charge is -2.22. The van der Waals surface area contributed by atoms with E-state index in [-0.39, 0.29) is 12.5 Å². The summed E-state index contributed by atoms with van der Waals surface area (Å²) in [4.78, 5) is 31.3. The number of aryl methyl sites for hydroxylation is 2. The summed E-state index contributed by atoms with van der Waals surface area (Å²) in [7, 11) is 1.33. The molecule has 0 spiro atoms. The van der Waals surface area contributed by atoms with Crippen LogP contribution in [0.25, 0.3) is 10.2 Å². The molecule has 0 fully saturated rings. The van der Waals surface area contributed by atoms with Crippen molar-refractivity contribution in [3.05, 3.63) is 83.4 Å².